The van der Waals surface area contributed by atoms with Crippen LogP contribution in [-0.2, 0) is 0 Å². The molecule has 1 rings (SSSR count). The maximum atomic E-state index is 13.5. The summed E-state index contributed by atoms with van der Waals surface area (Å²) in [7, 11) is 0. The van der Waals surface area contributed by atoms with Crippen LogP contribution in [0.3, 0.4) is 0 Å². The first-order valence-electron chi connectivity index (χ1n) is 6.73. The average Bonchev–Trinajstić information content (AvgIpc) is 2.17. The second-order valence-corrected chi connectivity index (χ2v) is 7.57. The first kappa shape index (κ1) is 16.5. The van der Waals surface area contributed by atoms with Crippen LogP contribution in [0.5, 0.6) is 0 Å². The molecule has 1 atom stereocenters. The van der Waals surface area contributed by atoms with Gasteiger partial charge < -0.3 is 5.32 Å². The lowest BCUT2D eigenvalue weighted by Gasteiger charge is -2.36. The Labute approximate surface area is 121 Å². The van der Waals surface area contributed by atoms with Crippen molar-refractivity contribution in [2.75, 3.05) is 0 Å². The van der Waals surface area contributed by atoms with Crippen LogP contribution in [0, 0.1) is 11.2 Å². The number of nitrogens with one attached hydrogen (secondary N) is 1. The highest BCUT2D eigenvalue weighted by Gasteiger charge is 2.27. The molecule has 0 spiro atoms. The van der Waals surface area contributed by atoms with Crippen LogP contribution in [0.15, 0.2) is 18.2 Å². The molecule has 0 aliphatic heterocycles. The molecular weight excluding hydrogens is 261 g/mol. The Morgan fingerprint density at radius 2 is 1.79 bits per heavy atom. The number of benzene rings is 1. The Bertz CT molecular complexity index is 435. The van der Waals surface area contributed by atoms with Gasteiger partial charge in [0.2, 0.25) is 0 Å². The first-order valence-corrected chi connectivity index (χ1v) is 7.11. The minimum absolute atomic E-state index is 0.00617. The van der Waals surface area contributed by atoms with Crippen LogP contribution in [0.4, 0.5) is 4.39 Å². The predicted molar refractivity (Wildman–Crippen MR) is 81.1 cm³/mol. The van der Waals surface area contributed by atoms with E-state index < -0.39 is 0 Å². The summed E-state index contributed by atoms with van der Waals surface area (Å²) in [5, 5.41) is 3.74. The van der Waals surface area contributed by atoms with Gasteiger partial charge in [-0.1, -0.05) is 38.4 Å². The van der Waals surface area contributed by atoms with Gasteiger partial charge in [0.05, 0.1) is 5.02 Å². The minimum atomic E-state index is -0.360. The Morgan fingerprint density at radius 1 is 1.21 bits per heavy atom. The monoisotopic (exact) mass is 285 g/mol. The third-order valence-corrected chi connectivity index (χ3v) is 3.33. The van der Waals surface area contributed by atoms with Gasteiger partial charge in [-0.3, -0.25) is 0 Å². The SMILES string of the molecule is CC(NC(C)(C)CC(C)(C)C)c1ccc(Cl)c(F)c1. The molecule has 0 aliphatic rings. The number of hydrogen-bond donors (Lipinski definition) is 1. The van der Waals surface area contributed by atoms with Crippen molar-refractivity contribution in [1.82, 2.24) is 5.32 Å². The Morgan fingerprint density at radius 3 is 2.26 bits per heavy atom. The minimum Gasteiger partial charge on any atom is -0.305 e. The lowest BCUT2D eigenvalue weighted by atomic mass is 9.81. The van der Waals surface area contributed by atoms with Crippen molar-refractivity contribution in [3.05, 3.63) is 34.6 Å². The van der Waals surface area contributed by atoms with Gasteiger partial charge in [0.15, 0.2) is 0 Å². The predicted octanol–water partition coefficient (Wildman–Crippen LogP) is 5.34. The molecule has 0 aliphatic carbocycles. The average molecular weight is 286 g/mol. The van der Waals surface area contributed by atoms with E-state index in [1.54, 1.807) is 6.07 Å². The van der Waals surface area contributed by atoms with Crippen molar-refractivity contribution < 1.29 is 4.39 Å². The van der Waals surface area contributed by atoms with Gasteiger partial charge in [-0.15, -0.1) is 0 Å². The van der Waals surface area contributed by atoms with E-state index >= 15 is 0 Å². The smallest absolute Gasteiger partial charge is 0.142 e. The maximum Gasteiger partial charge on any atom is 0.142 e. The molecular formula is C16H25ClFN. The lowest BCUT2D eigenvalue weighted by molar-refractivity contribution is 0.226. The molecule has 0 heterocycles. The fourth-order valence-electron chi connectivity index (χ4n) is 2.83. The molecule has 3 heteroatoms. The number of hydrogen-bond acceptors (Lipinski definition) is 1. The summed E-state index contributed by atoms with van der Waals surface area (Å²) in [6.45, 7) is 13.1. The molecule has 0 bridgehead atoms. The van der Waals surface area contributed by atoms with Crippen molar-refractivity contribution in [2.24, 2.45) is 5.41 Å². The van der Waals surface area contributed by atoms with E-state index in [0.717, 1.165) is 12.0 Å². The van der Waals surface area contributed by atoms with Crippen molar-refractivity contribution >= 4 is 11.6 Å². The van der Waals surface area contributed by atoms with Crippen LogP contribution in [0.25, 0.3) is 0 Å². The van der Waals surface area contributed by atoms with Gasteiger partial charge in [-0.25, -0.2) is 4.39 Å². The highest BCUT2D eigenvalue weighted by atomic mass is 35.5. The summed E-state index contributed by atoms with van der Waals surface area (Å²) in [6, 6.07) is 5.08. The van der Waals surface area contributed by atoms with E-state index in [9.17, 15) is 4.39 Å². The van der Waals surface area contributed by atoms with Gasteiger partial charge >= 0.3 is 0 Å². The van der Waals surface area contributed by atoms with E-state index in [-0.39, 0.29) is 27.8 Å². The Hall–Kier alpha value is -0.600. The maximum absolute atomic E-state index is 13.5. The standard InChI is InChI=1S/C16H25ClFN/c1-11(12-7-8-13(17)14(18)9-12)19-16(5,6)10-15(2,3)4/h7-9,11,19H,10H2,1-6H3. The highest BCUT2D eigenvalue weighted by molar-refractivity contribution is 6.30. The Kier molecular flexibility index (Phi) is 5.02. The second-order valence-electron chi connectivity index (χ2n) is 7.16. The summed E-state index contributed by atoms with van der Waals surface area (Å²) in [5.74, 6) is -0.360. The van der Waals surface area contributed by atoms with E-state index in [1.165, 1.54) is 6.07 Å². The lowest BCUT2D eigenvalue weighted by Crippen LogP contribution is -2.43. The van der Waals surface area contributed by atoms with E-state index in [4.69, 9.17) is 11.6 Å². The summed E-state index contributed by atoms with van der Waals surface area (Å²) < 4.78 is 13.5. The third kappa shape index (κ3) is 5.50. The zero-order valence-corrected chi connectivity index (χ0v) is 13.5. The van der Waals surface area contributed by atoms with Gasteiger partial charge in [-0.05, 0) is 50.3 Å². The zero-order chi connectivity index (χ0) is 14.8. The Balaban J connectivity index is 2.78. The summed E-state index contributed by atoms with van der Waals surface area (Å²) >= 11 is 5.71. The van der Waals surface area contributed by atoms with Crippen LogP contribution < -0.4 is 5.32 Å². The fourth-order valence-corrected chi connectivity index (χ4v) is 2.95. The van der Waals surface area contributed by atoms with Gasteiger partial charge in [0, 0.05) is 11.6 Å². The van der Waals surface area contributed by atoms with Crippen LogP contribution >= 0.6 is 11.6 Å². The van der Waals surface area contributed by atoms with E-state index in [2.05, 4.69) is 39.9 Å². The summed E-state index contributed by atoms with van der Waals surface area (Å²) in [5.41, 5.74) is 1.17. The molecule has 0 radical (unpaired) electrons. The van der Waals surface area contributed by atoms with Gasteiger partial charge in [0.1, 0.15) is 5.82 Å². The molecule has 0 amide bonds. The van der Waals surface area contributed by atoms with Crippen LogP contribution in [-0.4, -0.2) is 5.54 Å². The van der Waals surface area contributed by atoms with Gasteiger partial charge in [0.25, 0.3) is 0 Å². The van der Waals surface area contributed by atoms with Crippen molar-refractivity contribution in [3.8, 4) is 0 Å². The van der Waals surface area contributed by atoms with Crippen LogP contribution in [0.1, 0.15) is 59.6 Å². The highest BCUT2D eigenvalue weighted by Crippen LogP contribution is 2.29. The zero-order valence-electron chi connectivity index (χ0n) is 12.8. The van der Waals surface area contributed by atoms with E-state index in [0.29, 0.717) is 0 Å². The fraction of sp³-hybridized carbons (Fsp3) is 0.625. The molecule has 1 nitrogen and oxygen atoms in total. The molecule has 1 N–H and O–H groups in total. The molecule has 0 fully saturated rings. The molecule has 0 aromatic heterocycles. The van der Waals surface area contributed by atoms with Crippen molar-refractivity contribution in [3.63, 3.8) is 0 Å². The molecule has 19 heavy (non-hydrogen) atoms. The first-order chi connectivity index (χ1) is 8.50. The number of rotatable bonds is 4. The summed E-state index contributed by atoms with van der Waals surface area (Å²) in [4.78, 5) is 0. The normalized spacial score (nSPS) is 14.5. The van der Waals surface area contributed by atoms with Crippen molar-refractivity contribution in [1.29, 1.82) is 0 Å². The molecule has 1 aromatic carbocycles. The molecule has 0 saturated heterocycles. The third-order valence-electron chi connectivity index (χ3n) is 3.02. The number of halogens is 2. The molecule has 1 unspecified atom stereocenters. The molecule has 108 valence electrons. The van der Waals surface area contributed by atoms with Crippen molar-refractivity contribution in [2.45, 2.75) is 59.5 Å². The summed E-state index contributed by atoms with van der Waals surface area (Å²) in [6.07, 6.45) is 1.04. The van der Waals surface area contributed by atoms with E-state index in [1.807, 2.05) is 13.0 Å². The quantitative estimate of drug-likeness (QED) is 0.787. The van der Waals surface area contributed by atoms with Gasteiger partial charge in [-0.2, -0.15) is 0 Å². The second kappa shape index (κ2) is 5.80. The largest absolute Gasteiger partial charge is 0.305 e. The molecule has 1 aromatic rings. The topological polar surface area (TPSA) is 12.0 Å². The van der Waals surface area contributed by atoms with Crippen LogP contribution in [0.2, 0.25) is 5.02 Å². The molecule has 0 saturated carbocycles.